The first-order valence-corrected chi connectivity index (χ1v) is 4.93. The quantitative estimate of drug-likeness (QED) is 0.829. The molecule has 14 heavy (non-hydrogen) atoms. The highest BCUT2D eigenvalue weighted by molar-refractivity contribution is 7.20. The fraction of sp³-hybridized carbons (Fsp3) is 0.200. The van der Waals surface area contributed by atoms with Gasteiger partial charge < -0.3 is 9.84 Å². The zero-order valence-electron chi connectivity index (χ0n) is 7.58. The summed E-state index contributed by atoms with van der Waals surface area (Å²) in [7, 11) is 1.55. The minimum Gasteiger partial charge on any atom is -0.487 e. The van der Waals surface area contributed by atoms with Gasteiger partial charge in [-0.3, -0.25) is 0 Å². The third-order valence-corrected chi connectivity index (χ3v) is 3.16. The van der Waals surface area contributed by atoms with Gasteiger partial charge in [0.1, 0.15) is 5.82 Å². The number of rotatable bonds is 2. The zero-order valence-corrected chi connectivity index (χ0v) is 8.40. The molecule has 0 aliphatic heterocycles. The van der Waals surface area contributed by atoms with Gasteiger partial charge in [-0.1, -0.05) is 23.5 Å². The van der Waals surface area contributed by atoms with Gasteiger partial charge >= 0.3 is 0 Å². The van der Waals surface area contributed by atoms with Crippen LogP contribution in [-0.2, 0) is 6.61 Å². The van der Waals surface area contributed by atoms with Crippen LogP contribution >= 0.6 is 11.3 Å². The van der Waals surface area contributed by atoms with Gasteiger partial charge in [-0.05, 0) is 11.5 Å². The Bertz CT molecular complexity index is 464. The standard InChI is InChI=1S/C10H9FO2S/c1-13-8-4-6-2-3-7(5-12)9(11)10(6)14-8/h2-4,12H,5H2,1H3. The minimum atomic E-state index is -0.349. The summed E-state index contributed by atoms with van der Waals surface area (Å²) < 4.78 is 19.2. The predicted octanol–water partition coefficient (Wildman–Crippen LogP) is 2.54. The van der Waals surface area contributed by atoms with Crippen LogP contribution in [0, 0.1) is 5.82 Å². The number of hydrogen-bond acceptors (Lipinski definition) is 3. The zero-order chi connectivity index (χ0) is 10.1. The molecule has 0 saturated carbocycles. The van der Waals surface area contributed by atoms with Gasteiger partial charge in [0.15, 0.2) is 5.06 Å². The number of benzene rings is 1. The second-order valence-corrected chi connectivity index (χ2v) is 3.90. The summed E-state index contributed by atoms with van der Waals surface area (Å²) in [6.07, 6.45) is 0. The Morgan fingerprint density at radius 2 is 2.29 bits per heavy atom. The van der Waals surface area contributed by atoms with Gasteiger partial charge in [0.25, 0.3) is 0 Å². The van der Waals surface area contributed by atoms with Crippen LogP contribution in [0.5, 0.6) is 5.06 Å². The Morgan fingerprint density at radius 3 is 2.93 bits per heavy atom. The van der Waals surface area contributed by atoms with Crippen LogP contribution in [0.25, 0.3) is 10.1 Å². The van der Waals surface area contributed by atoms with Gasteiger partial charge in [0.05, 0.1) is 18.4 Å². The maximum Gasteiger partial charge on any atom is 0.174 e. The summed E-state index contributed by atoms with van der Waals surface area (Å²) in [6.45, 7) is -0.276. The number of methoxy groups -OCH3 is 1. The van der Waals surface area contributed by atoms with Crippen molar-refractivity contribution in [2.75, 3.05) is 7.11 Å². The molecule has 0 spiro atoms. The maximum absolute atomic E-state index is 13.6. The van der Waals surface area contributed by atoms with Crippen molar-refractivity contribution in [2.24, 2.45) is 0 Å². The number of hydrogen-bond donors (Lipinski definition) is 1. The van der Waals surface area contributed by atoms with Crippen LogP contribution in [0.2, 0.25) is 0 Å². The second-order valence-electron chi connectivity index (χ2n) is 2.88. The van der Waals surface area contributed by atoms with Crippen molar-refractivity contribution >= 4 is 21.4 Å². The first-order chi connectivity index (χ1) is 6.76. The van der Waals surface area contributed by atoms with E-state index in [1.807, 2.05) is 0 Å². The van der Waals surface area contributed by atoms with Crippen molar-refractivity contribution in [3.8, 4) is 5.06 Å². The van der Waals surface area contributed by atoms with Crippen molar-refractivity contribution in [1.29, 1.82) is 0 Å². The van der Waals surface area contributed by atoms with Gasteiger partial charge in [-0.15, -0.1) is 0 Å². The highest BCUT2D eigenvalue weighted by atomic mass is 32.1. The normalized spacial score (nSPS) is 10.8. The fourth-order valence-corrected chi connectivity index (χ4v) is 2.24. The smallest absolute Gasteiger partial charge is 0.174 e. The van der Waals surface area contributed by atoms with Gasteiger partial charge in [-0.25, -0.2) is 4.39 Å². The summed E-state index contributed by atoms with van der Waals surface area (Å²) in [6, 6.07) is 5.15. The predicted molar refractivity (Wildman–Crippen MR) is 54.3 cm³/mol. The Balaban J connectivity index is 2.68. The molecule has 0 bridgehead atoms. The third kappa shape index (κ3) is 1.36. The number of ether oxygens (including phenoxy) is 1. The molecule has 1 N–H and O–H groups in total. The van der Waals surface area contributed by atoms with Gasteiger partial charge in [0, 0.05) is 5.56 Å². The molecule has 74 valence electrons. The van der Waals surface area contributed by atoms with Crippen LogP contribution in [0.4, 0.5) is 4.39 Å². The molecule has 4 heteroatoms. The third-order valence-electron chi connectivity index (χ3n) is 2.06. The average Bonchev–Trinajstić information content (AvgIpc) is 2.62. The summed E-state index contributed by atoms with van der Waals surface area (Å²) >= 11 is 1.25. The molecule has 1 aromatic heterocycles. The monoisotopic (exact) mass is 212 g/mol. The molecule has 0 aliphatic rings. The molecule has 2 aromatic rings. The molecule has 0 fully saturated rings. The molecule has 2 rings (SSSR count). The van der Waals surface area contributed by atoms with Gasteiger partial charge in [-0.2, -0.15) is 0 Å². The number of fused-ring (bicyclic) bond motifs is 1. The van der Waals surface area contributed by atoms with Crippen LogP contribution in [-0.4, -0.2) is 12.2 Å². The molecule has 1 aromatic carbocycles. The van der Waals surface area contributed by atoms with Crippen molar-refractivity contribution in [1.82, 2.24) is 0 Å². The summed E-state index contributed by atoms with van der Waals surface area (Å²) in [5, 5.41) is 10.4. The van der Waals surface area contributed by atoms with Crippen LogP contribution < -0.4 is 4.74 Å². The maximum atomic E-state index is 13.6. The molecule has 0 saturated heterocycles. The van der Waals surface area contributed by atoms with Crippen LogP contribution in [0.1, 0.15) is 5.56 Å². The lowest BCUT2D eigenvalue weighted by atomic mass is 10.2. The first-order valence-electron chi connectivity index (χ1n) is 4.12. The first kappa shape index (κ1) is 9.43. The SMILES string of the molecule is COc1cc2ccc(CO)c(F)c2s1. The van der Waals surface area contributed by atoms with E-state index in [0.717, 1.165) is 5.39 Å². The molecule has 1 heterocycles. The van der Waals surface area contributed by atoms with E-state index >= 15 is 0 Å². The number of aliphatic hydroxyl groups excluding tert-OH is 1. The molecule has 0 unspecified atom stereocenters. The van der Waals surface area contributed by atoms with Crippen molar-refractivity contribution in [2.45, 2.75) is 6.61 Å². The van der Waals surface area contributed by atoms with E-state index < -0.39 is 0 Å². The summed E-state index contributed by atoms with van der Waals surface area (Å²) in [5.74, 6) is -0.349. The van der Waals surface area contributed by atoms with Crippen molar-refractivity contribution in [3.63, 3.8) is 0 Å². The molecule has 2 nitrogen and oxygen atoms in total. The van der Waals surface area contributed by atoms with Crippen molar-refractivity contribution in [3.05, 3.63) is 29.6 Å². The molecular weight excluding hydrogens is 203 g/mol. The van der Waals surface area contributed by atoms with Crippen molar-refractivity contribution < 1.29 is 14.2 Å². The Morgan fingerprint density at radius 1 is 1.50 bits per heavy atom. The molecule has 0 aliphatic carbocycles. The van der Waals surface area contributed by atoms with E-state index in [1.54, 1.807) is 25.3 Å². The Hall–Kier alpha value is -1.13. The molecule has 0 radical (unpaired) electrons. The van der Waals surface area contributed by atoms with Gasteiger partial charge in [0.2, 0.25) is 0 Å². The van der Waals surface area contributed by atoms with E-state index in [0.29, 0.717) is 15.3 Å². The second kappa shape index (κ2) is 3.55. The minimum absolute atomic E-state index is 0.276. The highest BCUT2D eigenvalue weighted by Gasteiger charge is 2.10. The lowest BCUT2D eigenvalue weighted by Gasteiger charge is -1.98. The number of aliphatic hydroxyl groups is 1. The summed E-state index contributed by atoms with van der Waals surface area (Å²) in [4.78, 5) is 0. The number of thiophene rings is 1. The van der Waals surface area contributed by atoms with Crippen LogP contribution in [0.15, 0.2) is 18.2 Å². The highest BCUT2D eigenvalue weighted by Crippen LogP contribution is 2.34. The molecule has 0 amide bonds. The Labute approximate surface area is 84.6 Å². The van der Waals surface area contributed by atoms with E-state index in [2.05, 4.69) is 0 Å². The lowest BCUT2D eigenvalue weighted by molar-refractivity contribution is 0.276. The Kier molecular flexibility index (Phi) is 2.39. The number of halogens is 1. The van der Waals surface area contributed by atoms with E-state index in [1.165, 1.54) is 11.3 Å². The van der Waals surface area contributed by atoms with E-state index in [-0.39, 0.29) is 12.4 Å². The lowest BCUT2D eigenvalue weighted by Crippen LogP contribution is -1.88. The van der Waals surface area contributed by atoms with Crippen LogP contribution in [0.3, 0.4) is 0 Å². The molecular formula is C10H9FO2S. The van der Waals surface area contributed by atoms with E-state index in [4.69, 9.17) is 9.84 Å². The average molecular weight is 212 g/mol. The summed E-state index contributed by atoms with van der Waals surface area (Å²) in [5.41, 5.74) is 0.321. The largest absolute Gasteiger partial charge is 0.487 e. The molecule has 0 atom stereocenters. The van der Waals surface area contributed by atoms with E-state index in [9.17, 15) is 4.39 Å². The fourth-order valence-electron chi connectivity index (χ4n) is 1.31. The topological polar surface area (TPSA) is 29.5 Å².